The maximum absolute atomic E-state index is 12.3. The number of halogens is 2. The van der Waals surface area contributed by atoms with Crippen LogP contribution in [-0.4, -0.2) is 23.3 Å². The van der Waals surface area contributed by atoms with Crippen molar-refractivity contribution in [3.63, 3.8) is 0 Å². The number of nitrogens with one attached hydrogen (secondary N) is 1. The van der Waals surface area contributed by atoms with Crippen LogP contribution in [0.2, 0.25) is 0 Å². The Morgan fingerprint density at radius 1 is 1.38 bits per heavy atom. The van der Waals surface area contributed by atoms with Gasteiger partial charge in [0.25, 0.3) is 6.43 Å². The smallest absolute Gasteiger partial charge is 0.257 e. The van der Waals surface area contributed by atoms with Crippen molar-refractivity contribution in [3.05, 3.63) is 41.7 Å². The summed E-state index contributed by atoms with van der Waals surface area (Å²) in [4.78, 5) is 0. The van der Waals surface area contributed by atoms with Gasteiger partial charge in [0.15, 0.2) is 0 Å². The normalized spacial score (nSPS) is 12.5. The first-order valence-corrected chi connectivity index (χ1v) is 6.71. The van der Waals surface area contributed by atoms with Crippen molar-refractivity contribution in [1.82, 2.24) is 9.78 Å². The van der Waals surface area contributed by atoms with Crippen LogP contribution >= 0.6 is 0 Å². The number of alkyl halides is 2. The molecule has 4 nitrogen and oxygen atoms in total. The van der Waals surface area contributed by atoms with Gasteiger partial charge in [0.1, 0.15) is 12.3 Å². The van der Waals surface area contributed by atoms with E-state index in [0.29, 0.717) is 5.69 Å². The zero-order valence-electron chi connectivity index (χ0n) is 12.3. The van der Waals surface area contributed by atoms with E-state index in [1.54, 1.807) is 19.5 Å². The standard InChI is InChI=1S/C15H19F2N3O/c1-10-4-5-14(21-3)13(6-10)11(2)19-12-7-18-20(8-12)9-15(16)17/h4-8,11,15,19H,9H2,1-3H3/t11-/m1/s1. The van der Waals surface area contributed by atoms with Crippen LogP contribution in [0.5, 0.6) is 5.75 Å². The summed E-state index contributed by atoms with van der Waals surface area (Å²) in [5.74, 6) is 0.792. The van der Waals surface area contributed by atoms with Crippen LogP contribution < -0.4 is 10.1 Å². The molecule has 1 N–H and O–H groups in total. The van der Waals surface area contributed by atoms with Crippen LogP contribution in [0.25, 0.3) is 0 Å². The second kappa shape index (κ2) is 6.56. The van der Waals surface area contributed by atoms with Crippen molar-refractivity contribution in [2.75, 3.05) is 12.4 Å². The monoisotopic (exact) mass is 295 g/mol. The van der Waals surface area contributed by atoms with Crippen molar-refractivity contribution in [2.45, 2.75) is 32.9 Å². The lowest BCUT2D eigenvalue weighted by atomic mass is 10.0. The number of hydrogen-bond donors (Lipinski definition) is 1. The Bertz CT molecular complexity index is 598. The Kier molecular flexibility index (Phi) is 4.77. The quantitative estimate of drug-likeness (QED) is 0.884. The van der Waals surface area contributed by atoms with E-state index in [9.17, 15) is 8.78 Å². The Morgan fingerprint density at radius 2 is 2.14 bits per heavy atom. The zero-order valence-corrected chi connectivity index (χ0v) is 12.3. The first kappa shape index (κ1) is 15.3. The summed E-state index contributed by atoms with van der Waals surface area (Å²) in [6.07, 6.45) is 0.707. The molecule has 0 bridgehead atoms. The molecule has 0 unspecified atom stereocenters. The maximum Gasteiger partial charge on any atom is 0.257 e. The van der Waals surface area contributed by atoms with Crippen LogP contribution in [-0.2, 0) is 6.54 Å². The third-order valence-corrected chi connectivity index (χ3v) is 3.19. The summed E-state index contributed by atoms with van der Waals surface area (Å²) in [5.41, 5.74) is 2.85. The molecule has 2 aromatic rings. The van der Waals surface area contributed by atoms with Gasteiger partial charge in [0.05, 0.1) is 25.0 Å². The van der Waals surface area contributed by atoms with Gasteiger partial charge in [0, 0.05) is 11.8 Å². The summed E-state index contributed by atoms with van der Waals surface area (Å²) in [7, 11) is 1.63. The summed E-state index contributed by atoms with van der Waals surface area (Å²) >= 11 is 0. The lowest BCUT2D eigenvalue weighted by molar-refractivity contribution is 0.122. The van der Waals surface area contributed by atoms with Gasteiger partial charge in [0.2, 0.25) is 0 Å². The van der Waals surface area contributed by atoms with E-state index in [2.05, 4.69) is 10.4 Å². The molecule has 6 heteroatoms. The summed E-state index contributed by atoms with van der Waals surface area (Å²) in [6.45, 7) is 3.60. The minimum Gasteiger partial charge on any atom is -0.496 e. The number of anilines is 1. The fourth-order valence-corrected chi connectivity index (χ4v) is 2.20. The Labute approximate surface area is 122 Å². The number of aryl methyl sites for hydroxylation is 1. The van der Waals surface area contributed by atoms with E-state index in [-0.39, 0.29) is 6.04 Å². The molecular weight excluding hydrogens is 276 g/mol. The molecule has 0 amide bonds. The molecule has 0 saturated carbocycles. The van der Waals surface area contributed by atoms with Gasteiger partial charge in [-0.05, 0) is 19.9 Å². The maximum atomic E-state index is 12.3. The molecule has 1 aromatic carbocycles. The van der Waals surface area contributed by atoms with Crippen molar-refractivity contribution >= 4 is 5.69 Å². The predicted molar refractivity (Wildman–Crippen MR) is 78.0 cm³/mol. The zero-order chi connectivity index (χ0) is 15.4. The van der Waals surface area contributed by atoms with E-state index < -0.39 is 13.0 Å². The number of rotatable bonds is 6. The first-order valence-electron chi connectivity index (χ1n) is 6.71. The van der Waals surface area contributed by atoms with Gasteiger partial charge in [-0.3, -0.25) is 4.68 Å². The molecule has 0 fully saturated rings. The van der Waals surface area contributed by atoms with Crippen LogP contribution in [0.3, 0.4) is 0 Å². The number of ether oxygens (including phenoxy) is 1. The van der Waals surface area contributed by atoms with E-state index in [0.717, 1.165) is 16.9 Å². The number of benzene rings is 1. The summed E-state index contributed by atoms with van der Waals surface area (Å²) in [6, 6.07) is 5.92. The molecule has 0 radical (unpaired) electrons. The van der Waals surface area contributed by atoms with Gasteiger partial charge in [-0.1, -0.05) is 17.7 Å². The minimum absolute atomic E-state index is 0.0240. The highest BCUT2D eigenvalue weighted by molar-refractivity contribution is 5.46. The van der Waals surface area contributed by atoms with E-state index in [1.165, 1.54) is 4.68 Å². The third kappa shape index (κ3) is 3.93. The number of hydrogen-bond acceptors (Lipinski definition) is 3. The predicted octanol–water partition coefficient (Wildman–Crippen LogP) is 3.64. The Morgan fingerprint density at radius 3 is 2.81 bits per heavy atom. The third-order valence-electron chi connectivity index (χ3n) is 3.19. The largest absolute Gasteiger partial charge is 0.496 e. The van der Waals surface area contributed by atoms with Crippen LogP contribution in [0.4, 0.5) is 14.5 Å². The Balaban J connectivity index is 2.12. The highest BCUT2D eigenvalue weighted by atomic mass is 19.3. The fourth-order valence-electron chi connectivity index (χ4n) is 2.20. The fraction of sp³-hybridized carbons (Fsp3) is 0.400. The molecule has 0 aliphatic heterocycles. The summed E-state index contributed by atoms with van der Waals surface area (Å²) < 4.78 is 31.2. The number of nitrogens with zero attached hydrogens (tertiary/aromatic N) is 2. The molecule has 0 spiro atoms. The van der Waals surface area contributed by atoms with Gasteiger partial charge >= 0.3 is 0 Å². The highest BCUT2D eigenvalue weighted by Gasteiger charge is 2.13. The number of aromatic nitrogens is 2. The van der Waals surface area contributed by atoms with Crippen LogP contribution in [0.1, 0.15) is 24.1 Å². The molecule has 114 valence electrons. The SMILES string of the molecule is COc1ccc(C)cc1[C@@H](C)Nc1cnn(CC(F)F)c1. The molecule has 1 atom stereocenters. The van der Waals surface area contributed by atoms with Gasteiger partial charge < -0.3 is 10.1 Å². The van der Waals surface area contributed by atoms with Crippen molar-refractivity contribution in [2.24, 2.45) is 0 Å². The molecule has 1 aromatic heterocycles. The topological polar surface area (TPSA) is 39.1 Å². The van der Waals surface area contributed by atoms with Gasteiger partial charge in [-0.25, -0.2) is 8.78 Å². The van der Waals surface area contributed by atoms with Crippen molar-refractivity contribution in [3.8, 4) is 5.75 Å². The second-order valence-corrected chi connectivity index (χ2v) is 4.95. The first-order chi connectivity index (χ1) is 9.99. The van der Waals surface area contributed by atoms with E-state index >= 15 is 0 Å². The minimum atomic E-state index is -2.41. The lowest BCUT2D eigenvalue weighted by Gasteiger charge is -2.18. The van der Waals surface area contributed by atoms with E-state index in [1.807, 2.05) is 32.0 Å². The molecule has 0 aliphatic carbocycles. The van der Waals surface area contributed by atoms with Crippen LogP contribution in [0.15, 0.2) is 30.6 Å². The molecule has 1 heterocycles. The Hall–Kier alpha value is -2.11. The van der Waals surface area contributed by atoms with E-state index in [4.69, 9.17) is 4.74 Å². The highest BCUT2D eigenvalue weighted by Crippen LogP contribution is 2.28. The number of methoxy groups -OCH3 is 1. The summed E-state index contributed by atoms with van der Waals surface area (Å²) in [5, 5.41) is 7.15. The van der Waals surface area contributed by atoms with Gasteiger partial charge in [-0.15, -0.1) is 0 Å². The molecule has 21 heavy (non-hydrogen) atoms. The van der Waals surface area contributed by atoms with Gasteiger partial charge in [-0.2, -0.15) is 5.10 Å². The van der Waals surface area contributed by atoms with Crippen LogP contribution in [0, 0.1) is 6.92 Å². The average molecular weight is 295 g/mol. The lowest BCUT2D eigenvalue weighted by Crippen LogP contribution is -2.09. The van der Waals surface area contributed by atoms with Crippen molar-refractivity contribution < 1.29 is 13.5 Å². The molecule has 0 saturated heterocycles. The average Bonchev–Trinajstić information content (AvgIpc) is 2.85. The molecule has 2 rings (SSSR count). The molecular formula is C15H19F2N3O. The van der Waals surface area contributed by atoms with Crippen molar-refractivity contribution in [1.29, 1.82) is 0 Å². The molecule has 0 aliphatic rings. The second-order valence-electron chi connectivity index (χ2n) is 4.95.